The molecule has 1 fully saturated rings. The van der Waals surface area contributed by atoms with E-state index in [0.29, 0.717) is 22.4 Å². The largest absolute Gasteiger partial charge is 0.305 e. The Morgan fingerprint density at radius 3 is 2.15 bits per heavy atom. The Hall–Kier alpha value is -4.52. The van der Waals surface area contributed by atoms with E-state index in [-0.39, 0.29) is 31.8 Å². The average Bonchev–Trinajstić information content (AvgIpc) is 3.70. The minimum Gasteiger partial charge on any atom is -0.305 e. The van der Waals surface area contributed by atoms with Crippen LogP contribution in [0.1, 0.15) is 54.3 Å². The Balaban J connectivity index is 0.000000180. The van der Waals surface area contributed by atoms with E-state index in [1.165, 1.54) is 55.6 Å². The molecule has 0 atom stereocenters. The number of nitrogens with zero attached hydrogens (tertiary/aromatic N) is 2. The van der Waals surface area contributed by atoms with Crippen LogP contribution < -0.4 is 4.40 Å². The number of thiophene rings is 1. The third-order valence-corrected chi connectivity index (χ3v) is 16.6. The molecule has 2 nitrogen and oxygen atoms in total. The van der Waals surface area contributed by atoms with Crippen molar-refractivity contribution in [2.45, 2.75) is 62.1 Å². The quantitative estimate of drug-likeness (QED) is 0.0903. The topological polar surface area (TPSA) is 25.8 Å². The predicted octanol–water partition coefficient (Wildman–Crippen LogP) is 14.2. The van der Waals surface area contributed by atoms with Crippen LogP contribution in [0.2, 0.25) is 17.3 Å². The Labute approximate surface area is 373 Å². The monoisotopic (exact) mass is 1030 g/mol. The van der Waals surface area contributed by atoms with Crippen LogP contribution in [-0.4, -0.2) is 23.2 Å². The summed E-state index contributed by atoms with van der Waals surface area (Å²) in [5.41, 5.74) is 5.04. The van der Waals surface area contributed by atoms with Crippen molar-refractivity contribution < 1.29 is 30.0 Å². The van der Waals surface area contributed by atoms with Crippen molar-refractivity contribution in [3.63, 3.8) is 0 Å². The molecule has 6 aromatic carbocycles. The zero-order chi connectivity index (χ0) is 43.2. The molecule has 297 valence electrons. The Morgan fingerprint density at radius 1 is 0.712 bits per heavy atom. The summed E-state index contributed by atoms with van der Waals surface area (Å²) in [4.78, 5) is 9.26. The molecular weight excluding hydrogens is 980 g/mol. The summed E-state index contributed by atoms with van der Waals surface area (Å²) in [5, 5.41) is 7.59. The second kappa shape index (κ2) is 18.0. The van der Waals surface area contributed by atoms with E-state index in [1.807, 2.05) is 60.8 Å². The van der Waals surface area contributed by atoms with Gasteiger partial charge in [0.1, 0.15) is 0 Å². The zero-order valence-electron chi connectivity index (χ0n) is 37.4. The molecule has 0 N–H and O–H groups in total. The normalized spacial score (nSPS) is 14.8. The summed E-state index contributed by atoms with van der Waals surface area (Å²) >= 11 is -0.567. The first-order valence-corrected chi connectivity index (χ1v) is 28.4. The molecule has 3 aromatic heterocycles. The summed E-state index contributed by atoms with van der Waals surface area (Å²) < 4.78 is 52.3. The molecule has 1 radical (unpaired) electrons. The van der Waals surface area contributed by atoms with Gasteiger partial charge in [-0.25, -0.2) is 0 Å². The minimum atomic E-state index is -2.37. The molecule has 3 heterocycles. The number of fused-ring (bicyclic) bond motifs is 8. The van der Waals surface area contributed by atoms with Gasteiger partial charge in [0.15, 0.2) is 0 Å². The second-order valence-corrected chi connectivity index (χ2v) is 27.8. The smallest absolute Gasteiger partial charge is 0.0324 e. The number of benzene rings is 6. The van der Waals surface area contributed by atoms with Crippen molar-refractivity contribution in [1.29, 1.82) is 0 Å². The molecule has 1 aliphatic rings. The van der Waals surface area contributed by atoms with Crippen LogP contribution in [0, 0.1) is 23.9 Å². The number of halogens is 1. The summed E-state index contributed by atoms with van der Waals surface area (Å²) in [5.74, 6) is 6.40. The van der Waals surface area contributed by atoms with Gasteiger partial charge >= 0.3 is 148 Å². The molecule has 10 rings (SSSR count). The van der Waals surface area contributed by atoms with Crippen molar-refractivity contribution in [2.24, 2.45) is 5.92 Å². The summed E-state index contributed by atoms with van der Waals surface area (Å²) in [6, 6.07) is 47.0. The summed E-state index contributed by atoms with van der Waals surface area (Å²) in [6.45, 7) is 0. The van der Waals surface area contributed by atoms with E-state index in [2.05, 4.69) is 89.0 Å². The Morgan fingerprint density at radius 2 is 1.42 bits per heavy atom. The van der Waals surface area contributed by atoms with Crippen molar-refractivity contribution in [2.75, 3.05) is 0 Å². The van der Waals surface area contributed by atoms with Gasteiger partial charge < -0.3 is 4.98 Å². The van der Waals surface area contributed by atoms with Crippen LogP contribution in [0.15, 0.2) is 140 Å². The SMILES string of the molecule is [2H]C([2H])(c1ccccc1)c1cc(-c2[c-]cc(F)cc2)nc[c]1[Ge]([CH3])([CH3])[CH3].[2H]C([2H])(c1ccnc(-c2[c-]ccc3c2sc2c4ccccc4c4ccccc4c32)c1)C1CCCCC1.[Ir]. The second-order valence-electron chi connectivity index (χ2n) is 16.2. The van der Waals surface area contributed by atoms with Gasteiger partial charge in [-0.05, 0) is 55.7 Å². The molecule has 0 amide bonds. The molecule has 0 aliphatic heterocycles. The molecule has 0 bridgehead atoms. The number of hydrogen-bond acceptors (Lipinski definition) is 3. The number of pyridine rings is 2. The Kier molecular flexibility index (Phi) is 11.1. The van der Waals surface area contributed by atoms with Crippen LogP contribution in [0.4, 0.5) is 4.39 Å². The maximum Gasteiger partial charge on any atom is 0.0324 e. The van der Waals surface area contributed by atoms with Gasteiger partial charge in [0.2, 0.25) is 0 Å². The maximum atomic E-state index is 13.2. The van der Waals surface area contributed by atoms with Gasteiger partial charge in [-0.2, -0.15) is 11.3 Å². The van der Waals surface area contributed by atoms with E-state index >= 15 is 0 Å². The van der Waals surface area contributed by atoms with Gasteiger partial charge in [0, 0.05) is 33.7 Å². The molecule has 0 saturated heterocycles. The van der Waals surface area contributed by atoms with Crippen LogP contribution in [0.3, 0.4) is 0 Å². The molecule has 59 heavy (non-hydrogen) atoms. The number of aromatic nitrogens is 2. The zero-order valence-corrected chi connectivity index (χ0v) is 38.7. The van der Waals surface area contributed by atoms with Crippen molar-refractivity contribution >= 4 is 70.7 Å². The maximum absolute atomic E-state index is 13.2. The number of rotatable bonds is 7. The summed E-state index contributed by atoms with van der Waals surface area (Å²) in [7, 11) is 0. The standard InChI is InChI=1S/C32H26NS.C21H21FGeN.Ir/c1-2-9-21(10-3-1)19-22-17-18-33-29(20-22)27-15-8-16-28-30-25-13-6-4-11-23(25)24-12-5-7-14-26(24)32(30)34-31(27)28;1-23(2,3)20-15-24-21(17-9-11-19(22)12-10-17)14-18(20)13-16-7-5-4-6-8-16;/h4-8,11-14,16-18,20-21H,1-3,9-10,19H2;4-9,11-12,14-15H,13H2,1-3H3;/q2*-1;/i19D2;13D2;. The first-order valence-electron chi connectivity index (χ1n) is 22.2. The van der Waals surface area contributed by atoms with Gasteiger partial charge in [-0.15, -0.1) is 23.8 Å². The fourth-order valence-electron chi connectivity index (χ4n) is 8.25. The van der Waals surface area contributed by atoms with Crippen LogP contribution in [-0.2, 0) is 32.9 Å². The van der Waals surface area contributed by atoms with E-state index < -0.39 is 26.0 Å². The molecule has 0 spiro atoms. The minimum absolute atomic E-state index is 0. The van der Waals surface area contributed by atoms with Crippen LogP contribution in [0.25, 0.3) is 64.2 Å². The third-order valence-electron chi connectivity index (χ3n) is 11.1. The molecule has 0 unspecified atom stereocenters. The van der Waals surface area contributed by atoms with Crippen molar-refractivity contribution in [1.82, 2.24) is 9.97 Å². The molecule has 1 aliphatic carbocycles. The average molecular weight is 1030 g/mol. The van der Waals surface area contributed by atoms with E-state index in [4.69, 9.17) is 10.5 Å². The van der Waals surface area contributed by atoms with Crippen molar-refractivity contribution in [3.05, 3.63) is 174 Å². The van der Waals surface area contributed by atoms with Gasteiger partial charge in [-0.3, -0.25) is 0 Å². The van der Waals surface area contributed by atoms with Gasteiger partial charge in [0.25, 0.3) is 0 Å². The van der Waals surface area contributed by atoms with Gasteiger partial charge in [-0.1, -0.05) is 97.7 Å². The molecule has 9 aromatic rings. The summed E-state index contributed by atoms with van der Waals surface area (Å²) in [6.07, 6.45) is 5.99. The van der Waals surface area contributed by atoms with E-state index in [9.17, 15) is 4.39 Å². The van der Waals surface area contributed by atoms with E-state index in [1.54, 1.807) is 23.6 Å². The van der Waals surface area contributed by atoms with Crippen molar-refractivity contribution in [3.8, 4) is 22.5 Å². The van der Waals surface area contributed by atoms with Crippen LogP contribution >= 0.6 is 11.3 Å². The fourth-order valence-corrected chi connectivity index (χ4v) is 12.5. The molecule has 6 heteroatoms. The van der Waals surface area contributed by atoms with Gasteiger partial charge in [0.05, 0.1) is 0 Å². The Bertz CT molecular complexity index is 3070. The number of hydrogen-bond donors (Lipinski definition) is 0. The van der Waals surface area contributed by atoms with E-state index in [0.717, 1.165) is 51.6 Å². The van der Waals surface area contributed by atoms with Crippen LogP contribution in [0.5, 0.6) is 0 Å². The first kappa shape index (κ1) is 36.3. The third kappa shape index (κ3) is 8.86. The predicted molar refractivity (Wildman–Crippen MR) is 247 cm³/mol. The molecular formula is C53H47FGeIrN2S-2. The fraction of sp³-hybridized carbons (Fsp3) is 0.208. The molecule has 1 saturated carbocycles. The first-order chi connectivity index (χ1) is 29.8.